The third-order valence-electron chi connectivity index (χ3n) is 5.21. The Labute approximate surface area is 191 Å². The van der Waals surface area contributed by atoms with Crippen molar-refractivity contribution >= 4 is 35.2 Å². The third kappa shape index (κ3) is 8.03. The molecule has 1 fully saturated rings. The lowest BCUT2D eigenvalue weighted by molar-refractivity contribution is -0.122. The highest BCUT2D eigenvalue weighted by atomic mass is 35.5. The van der Waals surface area contributed by atoms with Gasteiger partial charge in [0.05, 0.1) is 5.69 Å². The topological polar surface area (TPSA) is 100 Å². The van der Waals surface area contributed by atoms with Crippen LogP contribution in [0.5, 0.6) is 0 Å². The molecule has 3 rings (SSSR count). The molecule has 31 heavy (non-hydrogen) atoms. The fourth-order valence-corrected chi connectivity index (χ4v) is 4.12. The molecule has 0 bridgehead atoms. The maximum atomic E-state index is 12.3. The highest BCUT2D eigenvalue weighted by Gasteiger charge is 2.24. The van der Waals surface area contributed by atoms with E-state index in [1.54, 1.807) is 29.3 Å². The Balaban J connectivity index is 1.28. The Kier molecular flexibility index (Phi) is 8.97. The summed E-state index contributed by atoms with van der Waals surface area (Å²) >= 11 is 11.9. The number of nitrogens with one attached hydrogen (secondary N) is 2. The van der Waals surface area contributed by atoms with Gasteiger partial charge in [0, 0.05) is 41.8 Å². The summed E-state index contributed by atoms with van der Waals surface area (Å²) in [4.78, 5) is 26.1. The molecule has 8 nitrogen and oxygen atoms in total. The largest absolute Gasteiger partial charge is 0.445 e. The fraction of sp³-hybridized carbons (Fsp3) is 0.524. The minimum atomic E-state index is -0.368. The maximum Gasteiger partial charge on any atom is 0.410 e. The predicted molar refractivity (Wildman–Crippen MR) is 118 cm³/mol. The summed E-state index contributed by atoms with van der Waals surface area (Å²) in [5, 5.41) is 14.4. The first-order chi connectivity index (χ1) is 15.0. The van der Waals surface area contributed by atoms with Crippen molar-refractivity contribution < 1.29 is 14.3 Å². The second-order valence-electron chi connectivity index (χ2n) is 7.69. The van der Waals surface area contributed by atoms with Gasteiger partial charge in [0.15, 0.2) is 0 Å². The van der Waals surface area contributed by atoms with E-state index in [9.17, 15) is 9.59 Å². The van der Waals surface area contributed by atoms with E-state index in [1.807, 2.05) is 0 Å². The number of aromatic nitrogens is 3. The van der Waals surface area contributed by atoms with Gasteiger partial charge in [0.1, 0.15) is 6.61 Å². The predicted octanol–water partition coefficient (Wildman–Crippen LogP) is 4.13. The summed E-state index contributed by atoms with van der Waals surface area (Å²) in [5.41, 5.74) is 1.69. The van der Waals surface area contributed by atoms with Gasteiger partial charge in [0.2, 0.25) is 5.91 Å². The number of H-pyrrole nitrogens is 1. The zero-order chi connectivity index (χ0) is 22.1. The Morgan fingerprint density at radius 3 is 2.55 bits per heavy atom. The van der Waals surface area contributed by atoms with Crippen molar-refractivity contribution in [1.29, 1.82) is 0 Å². The number of ether oxygens (including phenoxy) is 1. The zero-order valence-electron chi connectivity index (χ0n) is 17.3. The Morgan fingerprint density at radius 1 is 1.13 bits per heavy atom. The second kappa shape index (κ2) is 11.9. The molecule has 1 aliphatic rings. The van der Waals surface area contributed by atoms with E-state index in [1.165, 1.54) is 0 Å². The lowest BCUT2D eigenvalue weighted by Gasteiger charge is -2.31. The van der Waals surface area contributed by atoms with Crippen molar-refractivity contribution in [3.63, 3.8) is 0 Å². The Hall–Kier alpha value is -2.32. The number of amides is 2. The van der Waals surface area contributed by atoms with Crippen molar-refractivity contribution in [2.24, 2.45) is 0 Å². The van der Waals surface area contributed by atoms with Gasteiger partial charge in [-0.1, -0.05) is 34.8 Å². The number of hydrogen-bond acceptors (Lipinski definition) is 5. The van der Waals surface area contributed by atoms with Crippen molar-refractivity contribution in [1.82, 2.24) is 25.6 Å². The average Bonchev–Trinajstić information content (AvgIpc) is 3.25. The summed E-state index contributed by atoms with van der Waals surface area (Å²) in [6.45, 7) is 1.22. The van der Waals surface area contributed by atoms with Crippen LogP contribution in [-0.4, -0.2) is 51.4 Å². The Morgan fingerprint density at radius 2 is 1.87 bits per heavy atom. The summed E-state index contributed by atoms with van der Waals surface area (Å²) in [6.07, 6.45) is 7.06. The minimum Gasteiger partial charge on any atom is -0.445 e. The lowest BCUT2D eigenvalue weighted by atomic mass is 10.0. The van der Waals surface area contributed by atoms with E-state index in [0.29, 0.717) is 29.6 Å². The van der Waals surface area contributed by atoms with Crippen LogP contribution in [0.2, 0.25) is 10.0 Å². The minimum absolute atomic E-state index is 0.0697. The number of carbonyl (C=O) groups excluding carboxylic acids is 2. The van der Waals surface area contributed by atoms with Gasteiger partial charge in [-0.05, 0) is 55.9 Å². The third-order valence-corrected chi connectivity index (χ3v) is 5.64. The van der Waals surface area contributed by atoms with Gasteiger partial charge in [0.25, 0.3) is 0 Å². The molecule has 0 saturated carbocycles. The van der Waals surface area contributed by atoms with Gasteiger partial charge in [-0.15, -0.1) is 5.10 Å². The number of unbranched alkanes of at least 4 members (excludes halogenated alkanes) is 2. The van der Waals surface area contributed by atoms with E-state index in [4.69, 9.17) is 27.9 Å². The maximum absolute atomic E-state index is 12.3. The number of carbonyl (C=O) groups is 2. The van der Waals surface area contributed by atoms with Crippen molar-refractivity contribution in [3.05, 3.63) is 45.7 Å². The quantitative estimate of drug-likeness (QED) is 0.539. The van der Waals surface area contributed by atoms with Gasteiger partial charge in [-0.25, -0.2) is 4.79 Å². The normalized spacial score (nSPS) is 14.5. The number of benzene rings is 1. The number of rotatable bonds is 9. The average molecular weight is 468 g/mol. The van der Waals surface area contributed by atoms with E-state index < -0.39 is 0 Å². The summed E-state index contributed by atoms with van der Waals surface area (Å²) in [6, 6.07) is 5.17. The van der Waals surface area contributed by atoms with Crippen LogP contribution < -0.4 is 5.32 Å². The van der Waals surface area contributed by atoms with Crippen LogP contribution in [0.15, 0.2) is 24.4 Å². The smallest absolute Gasteiger partial charge is 0.410 e. The molecule has 2 amide bonds. The standard InChI is InChI=1S/C21H27Cl2N5O3/c22-16-10-15(11-17(23)12-16)14-31-21(30)28-8-6-18(7-9-28)25-20(29)5-3-1-2-4-19-13-24-27-26-19/h10-13,18H,1-9,14H2,(H,25,29)(H,24,26,27). The first kappa shape index (κ1) is 23.3. The number of aromatic amines is 1. The zero-order valence-corrected chi connectivity index (χ0v) is 18.8. The highest BCUT2D eigenvalue weighted by Crippen LogP contribution is 2.20. The van der Waals surface area contributed by atoms with E-state index in [-0.39, 0.29) is 24.6 Å². The van der Waals surface area contributed by atoms with Gasteiger partial charge < -0.3 is 15.0 Å². The van der Waals surface area contributed by atoms with Gasteiger partial charge >= 0.3 is 6.09 Å². The summed E-state index contributed by atoms with van der Waals surface area (Å²) in [7, 11) is 0. The molecular formula is C21H27Cl2N5O3. The van der Waals surface area contributed by atoms with Crippen LogP contribution in [0.1, 0.15) is 49.8 Å². The fourth-order valence-electron chi connectivity index (χ4n) is 3.55. The van der Waals surface area contributed by atoms with Gasteiger partial charge in [-0.3, -0.25) is 9.89 Å². The van der Waals surface area contributed by atoms with E-state index in [2.05, 4.69) is 20.7 Å². The molecule has 1 aliphatic heterocycles. The van der Waals surface area contributed by atoms with Crippen LogP contribution in [-0.2, 0) is 22.6 Å². The molecule has 1 aromatic heterocycles. The van der Waals surface area contributed by atoms with E-state index >= 15 is 0 Å². The molecule has 0 atom stereocenters. The molecule has 2 heterocycles. The molecule has 168 valence electrons. The molecule has 2 aromatic rings. The van der Waals surface area contributed by atoms with Crippen LogP contribution in [0.25, 0.3) is 0 Å². The number of piperidine rings is 1. The van der Waals surface area contributed by atoms with Crippen molar-refractivity contribution in [2.75, 3.05) is 13.1 Å². The van der Waals surface area contributed by atoms with Crippen LogP contribution >= 0.6 is 23.2 Å². The summed E-state index contributed by atoms with van der Waals surface area (Å²) < 4.78 is 5.37. The van der Waals surface area contributed by atoms with Crippen molar-refractivity contribution in [2.45, 2.75) is 57.6 Å². The monoisotopic (exact) mass is 467 g/mol. The molecule has 0 spiro atoms. The van der Waals surface area contributed by atoms with E-state index in [0.717, 1.165) is 49.8 Å². The number of nitrogens with zero attached hydrogens (tertiary/aromatic N) is 3. The molecule has 1 aromatic carbocycles. The molecular weight excluding hydrogens is 441 g/mol. The molecule has 10 heteroatoms. The summed E-state index contributed by atoms with van der Waals surface area (Å²) in [5.74, 6) is 0.0697. The Bertz CT molecular complexity index is 834. The lowest BCUT2D eigenvalue weighted by Crippen LogP contribution is -2.46. The molecule has 0 aliphatic carbocycles. The molecule has 0 radical (unpaired) electrons. The second-order valence-corrected chi connectivity index (χ2v) is 8.56. The number of aryl methyl sites for hydroxylation is 1. The number of likely N-dealkylation sites (tertiary alicyclic amines) is 1. The number of hydrogen-bond donors (Lipinski definition) is 2. The number of halogens is 2. The highest BCUT2D eigenvalue weighted by molar-refractivity contribution is 6.34. The molecule has 1 saturated heterocycles. The van der Waals surface area contributed by atoms with Crippen LogP contribution in [0.4, 0.5) is 4.79 Å². The first-order valence-electron chi connectivity index (χ1n) is 10.5. The molecule has 0 unspecified atom stereocenters. The first-order valence-corrected chi connectivity index (χ1v) is 11.3. The van der Waals surface area contributed by atoms with Gasteiger partial charge in [-0.2, -0.15) is 0 Å². The molecule has 2 N–H and O–H groups in total. The van der Waals surface area contributed by atoms with Crippen LogP contribution in [0, 0.1) is 0 Å². The van der Waals surface area contributed by atoms with Crippen molar-refractivity contribution in [3.8, 4) is 0 Å². The SMILES string of the molecule is O=C(CCCCCc1c[nH]nn1)NC1CCN(C(=O)OCc2cc(Cl)cc(Cl)c2)CC1. The van der Waals surface area contributed by atoms with Crippen LogP contribution in [0.3, 0.4) is 0 Å².